The average molecular weight is 298 g/mol. The molecule has 0 atom stereocenters. The molecule has 1 amide bonds. The van der Waals surface area contributed by atoms with E-state index in [0.717, 1.165) is 17.7 Å². The number of carbonyl (C=O) groups is 1. The van der Waals surface area contributed by atoms with Crippen LogP contribution >= 0.6 is 0 Å². The van der Waals surface area contributed by atoms with Crippen LogP contribution in [0.4, 0.5) is 11.5 Å². The molecule has 2 aromatic rings. The fraction of sp³-hybridized carbons (Fsp3) is 0.353. The lowest BCUT2D eigenvalue weighted by Gasteiger charge is -2.13. The summed E-state index contributed by atoms with van der Waals surface area (Å²) in [5.41, 5.74) is 3.75. The van der Waals surface area contributed by atoms with E-state index in [1.165, 1.54) is 11.8 Å². The number of hydrogen-bond acceptors (Lipinski definition) is 4. The van der Waals surface area contributed by atoms with Crippen molar-refractivity contribution in [1.29, 1.82) is 0 Å². The van der Waals surface area contributed by atoms with Gasteiger partial charge in [0.1, 0.15) is 11.5 Å². The predicted molar refractivity (Wildman–Crippen MR) is 88.5 cm³/mol. The van der Waals surface area contributed by atoms with Crippen LogP contribution in [-0.4, -0.2) is 21.9 Å². The summed E-state index contributed by atoms with van der Waals surface area (Å²) in [4.78, 5) is 20.3. The Morgan fingerprint density at radius 3 is 2.59 bits per heavy atom. The molecule has 0 bridgehead atoms. The maximum Gasteiger partial charge on any atom is 0.271 e. The number of amides is 1. The average Bonchev–Trinajstić information content (AvgIpc) is 2.49. The van der Waals surface area contributed by atoms with Gasteiger partial charge in [0, 0.05) is 11.7 Å². The van der Waals surface area contributed by atoms with Crippen LogP contribution in [0.3, 0.4) is 0 Å². The minimum absolute atomic E-state index is 0.0752. The smallest absolute Gasteiger partial charge is 0.271 e. The SMILES string of the molecule is CCc1cccc(C)c1Nc1cnc(C(=O)NC(C)C)cn1. The molecule has 1 aromatic carbocycles. The molecule has 116 valence electrons. The Labute approximate surface area is 131 Å². The van der Waals surface area contributed by atoms with E-state index in [9.17, 15) is 4.79 Å². The molecule has 5 nitrogen and oxygen atoms in total. The summed E-state index contributed by atoms with van der Waals surface area (Å²) in [5, 5.41) is 6.09. The van der Waals surface area contributed by atoms with Crippen molar-refractivity contribution in [2.75, 3.05) is 5.32 Å². The van der Waals surface area contributed by atoms with Crippen LogP contribution in [0.5, 0.6) is 0 Å². The van der Waals surface area contributed by atoms with Gasteiger partial charge in [-0.25, -0.2) is 9.97 Å². The summed E-state index contributed by atoms with van der Waals surface area (Å²) < 4.78 is 0. The van der Waals surface area contributed by atoms with Gasteiger partial charge < -0.3 is 10.6 Å². The van der Waals surface area contributed by atoms with Crippen molar-refractivity contribution < 1.29 is 4.79 Å². The van der Waals surface area contributed by atoms with Gasteiger partial charge in [-0.2, -0.15) is 0 Å². The molecule has 0 saturated heterocycles. The van der Waals surface area contributed by atoms with Crippen LogP contribution in [0.1, 0.15) is 42.4 Å². The standard InChI is InChI=1S/C17H22N4O/c1-5-13-8-6-7-12(4)16(13)21-15-10-18-14(9-19-15)17(22)20-11(2)3/h6-11H,5H2,1-4H3,(H,19,21)(H,20,22). The third-order valence-corrected chi connectivity index (χ3v) is 3.30. The third-order valence-electron chi connectivity index (χ3n) is 3.30. The van der Waals surface area contributed by atoms with E-state index in [4.69, 9.17) is 0 Å². The number of aryl methyl sites for hydroxylation is 2. The number of anilines is 2. The molecule has 2 N–H and O–H groups in total. The van der Waals surface area contributed by atoms with Crippen molar-refractivity contribution in [2.24, 2.45) is 0 Å². The lowest BCUT2D eigenvalue weighted by Crippen LogP contribution is -2.30. The molecule has 0 spiro atoms. The third kappa shape index (κ3) is 3.81. The molecule has 0 aliphatic heterocycles. The zero-order valence-corrected chi connectivity index (χ0v) is 13.5. The molecule has 2 rings (SSSR count). The van der Waals surface area contributed by atoms with E-state index < -0.39 is 0 Å². The van der Waals surface area contributed by atoms with Crippen LogP contribution in [0, 0.1) is 6.92 Å². The number of carbonyl (C=O) groups excluding carboxylic acids is 1. The quantitative estimate of drug-likeness (QED) is 0.889. The first-order valence-electron chi connectivity index (χ1n) is 7.49. The second-order valence-corrected chi connectivity index (χ2v) is 5.50. The van der Waals surface area contributed by atoms with Gasteiger partial charge in [0.15, 0.2) is 0 Å². The monoisotopic (exact) mass is 298 g/mol. The predicted octanol–water partition coefficient (Wildman–Crippen LogP) is 3.23. The summed E-state index contributed by atoms with van der Waals surface area (Å²) >= 11 is 0. The summed E-state index contributed by atoms with van der Waals surface area (Å²) in [6, 6.07) is 6.27. The van der Waals surface area contributed by atoms with E-state index in [-0.39, 0.29) is 11.9 Å². The van der Waals surface area contributed by atoms with Gasteiger partial charge in [-0.05, 0) is 38.3 Å². The van der Waals surface area contributed by atoms with E-state index in [0.29, 0.717) is 11.5 Å². The summed E-state index contributed by atoms with van der Waals surface area (Å²) in [6.45, 7) is 7.99. The highest BCUT2D eigenvalue weighted by Crippen LogP contribution is 2.24. The second-order valence-electron chi connectivity index (χ2n) is 5.50. The molecule has 0 radical (unpaired) electrons. The van der Waals surface area contributed by atoms with Crippen LogP contribution in [0.25, 0.3) is 0 Å². The zero-order chi connectivity index (χ0) is 16.1. The number of hydrogen-bond donors (Lipinski definition) is 2. The van der Waals surface area contributed by atoms with Crippen LogP contribution < -0.4 is 10.6 Å². The van der Waals surface area contributed by atoms with Crippen molar-refractivity contribution in [3.05, 3.63) is 47.4 Å². The normalized spacial score (nSPS) is 10.6. The van der Waals surface area contributed by atoms with E-state index in [1.807, 2.05) is 19.9 Å². The molecule has 0 saturated carbocycles. The molecular weight excluding hydrogens is 276 g/mol. The van der Waals surface area contributed by atoms with Gasteiger partial charge in [-0.3, -0.25) is 4.79 Å². The first-order valence-corrected chi connectivity index (χ1v) is 7.49. The highest BCUT2D eigenvalue weighted by Gasteiger charge is 2.10. The van der Waals surface area contributed by atoms with Gasteiger partial charge in [0.2, 0.25) is 0 Å². The van der Waals surface area contributed by atoms with E-state index >= 15 is 0 Å². The van der Waals surface area contributed by atoms with Crippen LogP contribution in [0.15, 0.2) is 30.6 Å². The molecule has 5 heteroatoms. The molecule has 1 heterocycles. The maximum absolute atomic E-state index is 11.8. The number of benzene rings is 1. The number of para-hydroxylation sites is 1. The molecule has 0 aliphatic carbocycles. The minimum atomic E-state index is -0.209. The Hall–Kier alpha value is -2.43. The van der Waals surface area contributed by atoms with Gasteiger partial charge in [-0.15, -0.1) is 0 Å². The lowest BCUT2D eigenvalue weighted by atomic mass is 10.1. The van der Waals surface area contributed by atoms with E-state index in [2.05, 4.69) is 46.6 Å². The first-order chi connectivity index (χ1) is 10.5. The van der Waals surface area contributed by atoms with Crippen LogP contribution in [-0.2, 0) is 6.42 Å². The summed E-state index contributed by atoms with van der Waals surface area (Å²) in [7, 11) is 0. The maximum atomic E-state index is 11.8. The Morgan fingerprint density at radius 1 is 1.23 bits per heavy atom. The molecule has 0 fully saturated rings. The largest absolute Gasteiger partial charge is 0.348 e. The topological polar surface area (TPSA) is 66.9 Å². The summed E-state index contributed by atoms with van der Waals surface area (Å²) in [5.74, 6) is 0.421. The van der Waals surface area contributed by atoms with Crippen molar-refractivity contribution in [2.45, 2.75) is 40.2 Å². The van der Waals surface area contributed by atoms with Gasteiger partial charge >= 0.3 is 0 Å². The fourth-order valence-electron chi connectivity index (χ4n) is 2.18. The van der Waals surface area contributed by atoms with Crippen molar-refractivity contribution in [1.82, 2.24) is 15.3 Å². The zero-order valence-electron chi connectivity index (χ0n) is 13.5. The Bertz CT molecular complexity index is 650. The highest BCUT2D eigenvalue weighted by atomic mass is 16.1. The molecule has 1 aromatic heterocycles. The first kappa shape index (κ1) is 15.9. The van der Waals surface area contributed by atoms with Crippen molar-refractivity contribution in [3.63, 3.8) is 0 Å². The van der Waals surface area contributed by atoms with Crippen molar-refractivity contribution >= 4 is 17.4 Å². The number of nitrogens with zero attached hydrogens (tertiary/aromatic N) is 2. The Kier molecular flexibility index (Phi) is 5.09. The fourth-order valence-corrected chi connectivity index (χ4v) is 2.18. The van der Waals surface area contributed by atoms with Gasteiger partial charge in [0.25, 0.3) is 5.91 Å². The van der Waals surface area contributed by atoms with Gasteiger partial charge in [-0.1, -0.05) is 25.1 Å². The number of nitrogens with one attached hydrogen (secondary N) is 2. The molecular formula is C17H22N4O. The summed E-state index contributed by atoms with van der Waals surface area (Å²) in [6.07, 6.45) is 4.01. The van der Waals surface area contributed by atoms with E-state index in [1.54, 1.807) is 6.20 Å². The second kappa shape index (κ2) is 7.02. The number of aromatic nitrogens is 2. The molecule has 0 aliphatic rings. The highest BCUT2D eigenvalue weighted by molar-refractivity contribution is 5.92. The lowest BCUT2D eigenvalue weighted by molar-refractivity contribution is 0.0937. The van der Waals surface area contributed by atoms with Gasteiger partial charge in [0.05, 0.1) is 12.4 Å². The Balaban J connectivity index is 2.17. The molecule has 22 heavy (non-hydrogen) atoms. The Morgan fingerprint density at radius 2 is 2.00 bits per heavy atom. The molecule has 0 unspecified atom stereocenters. The number of rotatable bonds is 5. The minimum Gasteiger partial charge on any atom is -0.348 e. The van der Waals surface area contributed by atoms with Crippen molar-refractivity contribution in [3.8, 4) is 0 Å². The van der Waals surface area contributed by atoms with Crippen LogP contribution in [0.2, 0.25) is 0 Å².